The highest BCUT2D eigenvalue weighted by Crippen LogP contribution is 2.32. The predicted molar refractivity (Wildman–Crippen MR) is 155 cm³/mol. The van der Waals surface area contributed by atoms with E-state index in [0.29, 0.717) is 30.5 Å². The molecule has 2 aromatic heterocycles. The first-order chi connectivity index (χ1) is 19.1. The first kappa shape index (κ1) is 24.9. The Morgan fingerprint density at radius 3 is 2.44 bits per heavy atom. The number of hydrogen-bond acceptors (Lipinski definition) is 8. The zero-order chi connectivity index (χ0) is 26.8. The fraction of sp³-hybridized carbons (Fsp3) is 0.310. The van der Waals surface area contributed by atoms with E-state index in [0.717, 1.165) is 49.6 Å². The number of amides is 1. The lowest BCUT2D eigenvalue weighted by Crippen LogP contribution is -2.44. The smallest absolute Gasteiger partial charge is 0.246 e. The van der Waals surface area contributed by atoms with Gasteiger partial charge in [0.15, 0.2) is 5.65 Å². The quantitative estimate of drug-likeness (QED) is 0.351. The number of carbonyl (C=O) groups is 1. The highest BCUT2D eigenvalue weighted by Gasteiger charge is 2.30. The van der Waals surface area contributed by atoms with Crippen molar-refractivity contribution in [1.82, 2.24) is 29.3 Å². The largest absolute Gasteiger partial charge is 0.369 e. The lowest BCUT2D eigenvalue weighted by atomic mass is 10.2. The molecule has 2 fully saturated rings. The van der Waals surface area contributed by atoms with Crippen LogP contribution in [0.25, 0.3) is 11.2 Å². The summed E-state index contributed by atoms with van der Waals surface area (Å²) >= 11 is 0. The van der Waals surface area contributed by atoms with Crippen molar-refractivity contribution in [2.45, 2.75) is 12.5 Å². The molecular weight excluding hydrogens is 490 g/mol. The molecule has 10 heteroatoms. The van der Waals surface area contributed by atoms with Gasteiger partial charge >= 0.3 is 0 Å². The van der Waals surface area contributed by atoms with Gasteiger partial charge in [0.1, 0.15) is 5.52 Å². The normalized spacial score (nSPS) is 17.9. The van der Waals surface area contributed by atoms with Crippen LogP contribution in [-0.2, 0) is 4.79 Å². The van der Waals surface area contributed by atoms with Gasteiger partial charge in [-0.2, -0.15) is 4.98 Å². The number of fused-ring (bicyclic) bond motifs is 1. The standard InChI is InChI=1S/C29H33N9O/c1-3-26(39)37-14-13-24(20-37)38-27-25(33-29(38)32-21-7-5-4-6-8-21)19-30-28(34-27)31-22-9-11-23(12-10-22)36-17-15-35(2)16-18-36/h3-12,19,24H,1,13-18,20H2,2H3,(H,32,33)(H,30,31,34). The van der Waals surface area contributed by atoms with Gasteiger partial charge in [-0.25, -0.2) is 9.97 Å². The third kappa shape index (κ3) is 5.28. The predicted octanol–water partition coefficient (Wildman–Crippen LogP) is 4.02. The van der Waals surface area contributed by atoms with E-state index in [2.05, 4.69) is 67.9 Å². The third-order valence-corrected chi connectivity index (χ3v) is 7.47. The fourth-order valence-corrected chi connectivity index (χ4v) is 5.27. The van der Waals surface area contributed by atoms with Crippen molar-refractivity contribution in [3.63, 3.8) is 0 Å². The van der Waals surface area contributed by atoms with Crippen LogP contribution in [0, 0.1) is 0 Å². The van der Waals surface area contributed by atoms with Gasteiger partial charge in [-0.1, -0.05) is 24.8 Å². The van der Waals surface area contributed by atoms with E-state index in [9.17, 15) is 4.79 Å². The Hall–Kier alpha value is -4.44. The van der Waals surface area contributed by atoms with E-state index < -0.39 is 0 Å². The number of nitrogens with one attached hydrogen (secondary N) is 2. The molecule has 2 aromatic carbocycles. The molecule has 0 bridgehead atoms. The van der Waals surface area contributed by atoms with E-state index in [1.54, 1.807) is 6.20 Å². The molecule has 0 radical (unpaired) electrons. The van der Waals surface area contributed by atoms with Crippen LogP contribution in [0.2, 0.25) is 0 Å². The van der Waals surface area contributed by atoms with Crippen LogP contribution in [0.4, 0.5) is 29.0 Å². The number of rotatable bonds is 7. The summed E-state index contributed by atoms with van der Waals surface area (Å²) in [5.74, 6) is 1.12. The fourth-order valence-electron chi connectivity index (χ4n) is 5.27. The van der Waals surface area contributed by atoms with E-state index in [4.69, 9.17) is 9.97 Å². The number of carbonyl (C=O) groups excluding carboxylic acids is 1. The summed E-state index contributed by atoms with van der Waals surface area (Å²) in [5.41, 5.74) is 4.48. The molecule has 0 aliphatic carbocycles. The maximum absolute atomic E-state index is 12.3. The van der Waals surface area contributed by atoms with Gasteiger partial charge in [-0.3, -0.25) is 9.36 Å². The molecule has 2 aliphatic heterocycles. The van der Waals surface area contributed by atoms with Gasteiger partial charge in [0.05, 0.1) is 12.2 Å². The summed E-state index contributed by atoms with van der Waals surface area (Å²) in [7, 11) is 2.16. The SMILES string of the molecule is C=CC(=O)N1CCC(n2c(Nc3ccccc3)nc3cnc(Nc4ccc(N5CCN(C)CC5)cc4)nc32)C1. The van der Waals surface area contributed by atoms with Crippen molar-refractivity contribution < 1.29 is 4.79 Å². The number of aromatic nitrogens is 4. The van der Waals surface area contributed by atoms with Crippen molar-refractivity contribution in [2.75, 3.05) is 61.8 Å². The lowest BCUT2D eigenvalue weighted by molar-refractivity contribution is -0.125. The number of para-hydroxylation sites is 1. The highest BCUT2D eigenvalue weighted by molar-refractivity contribution is 5.87. The first-order valence-electron chi connectivity index (χ1n) is 13.4. The van der Waals surface area contributed by atoms with Crippen LogP contribution in [0.1, 0.15) is 12.5 Å². The van der Waals surface area contributed by atoms with Gasteiger partial charge in [-0.05, 0) is 55.9 Å². The number of imidazole rings is 1. The Kier molecular flexibility index (Phi) is 6.85. The van der Waals surface area contributed by atoms with Crippen LogP contribution in [0.3, 0.4) is 0 Å². The maximum atomic E-state index is 12.3. The number of nitrogens with zero attached hydrogens (tertiary/aromatic N) is 7. The summed E-state index contributed by atoms with van der Waals surface area (Å²) < 4.78 is 2.10. The molecule has 0 saturated carbocycles. The average molecular weight is 524 g/mol. The molecule has 2 N–H and O–H groups in total. The van der Waals surface area contributed by atoms with Gasteiger partial charge in [0.2, 0.25) is 17.8 Å². The second kappa shape index (κ2) is 10.7. The molecule has 1 atom stereocenters. The Bertz CT molecular complexity index is 1460. The van der Waals surface area contributed by atoms with Crippen molar-refractivity contribution in [1.29, 1.82) is 0 Å². The minimum absolute atomic E-state index is 0.0238. The highest BCUT2D eigenvalue weighted by atomic mass is 16.2. The van der Waals surface area contributed by atoms with Crippen LogP contribution in [0.5, 0.6) is 0 Å². The van der Waals surface area contributed by atoms with Gasteiger partial charge < -0.3 is 25.3 Å². The zero-order valence-corrected chi connectivity index (χ0v) is 22.1. The zero-order valence-electron chi connectivity index (χ0n) is 22.1. The molecule has 39 heavy (non-hydrogen) atoms. The molecule has 1 amide bonds. The summed E-state index contributed by atoms with van der Waals surface area (Å²) in [6.07, 6.45) is 3.92. The Labute approximate surface area is 228 Å². The monoisotopic (exact) mass is 523 g/mol. The number of likely N-dealkylation sites (N-methyl/N-ethyl adjacent to an activating group) is 1. The van der Waals surface area contributed by atoms with E-state index >= 15 is 0 Å². The Balaban J connectivity index is 1.28. The number of hydrogen-bond donors (Lipinski definition) is 2. The molecule has 1 unspecified atom stereocenters. The minimum atomic E-state index is -0.0588. The summed E-state index contributed by atoms with van der Waals surface area (Å²) in [5, 5.41) is 6.80. The number of anilines is 5. The molecule has 2 saturated heterocycles. The van der Waals surface area contributed by atoms with Gasteiger partial charge in [-0.15, -0.1) is 0 Å². The third-order valence-electron chi connectivity index (χ3n) is 7.47. The second-order valence-electron chi connectivity index (χ2n) is 10.1. The second-order valence-corrected chi connectivity index (χ2v) is 10.1. The molecule has 0 spiro atoms. The molecule has 2 aliphatic rings. The number of benzene rings is 2. The summed E-state index contributed by atoms with van der Waals surface area (Å²) in [6, 6.07) is 18.4. The van der Waals surface area contributed by atoms with Crippen molar-refractivity contribution in [3.05, 3.63) is 73.4 Å². The number of piperazine rings is 1. The van der Waals surface area contributed by atoms with Crippen LogP contribution >= 0.6 is 0 Å². The molecular formula is C29H33N9O. The Morgan fingerprint density at radius 2 is 1.69 bits per heavy atom. The topological polar surface area (TPSA) is 94.4 Å². The molecule has 6 rings (SSSR count). The average Bonchev–Trinajstić information content (AvgIpc) is 3.58. The van der Waals surface area contributed by atoms with Gasteiger partial charge in [0.25, 0.3) is 0 Å². The van der Waals surface area contributed by atoms with Crippen molar-refractivity contribution >= 4 is 46.0 Å². The van der Waals surface area contributed by atoms with E-state index in [-0.39, 0.29) is 11.9 Å². The van der Waals surface area contributed by atoms with E-state index in [1.807, 2.05) is 35.2 Å². The molecule has 200 valence electrons. The van der Waals surface area contributed by atoms with Crippen LogP contribution in [-0.4, -0.2) is 81.5 Å². The molecule has 4 heterocycles. The lowest BCUT2D eigenvalue weighted by Gasteiger charge is -2.34. The maximum Gasteiger partial charge on any atom is 0.246 e. The minimum Gasteiger partial charge on any atom is -0.369 e. The van der Waals surface area contributed by atoms with Crippen LogP contribution < -0.4 is 15.5 Å². The molecule has 4 aromatic rings. The molecule has 10 nitrogen and oxygen atoms in total. The van der Waals surface area contributed by atoms with Crippen molar-refractivity contribution in [2.24, 2.45) is 0 Å². The summed E-state index contributed by atoms with van der Waals surface area (Å²) in [4.78, 5) is 33.1. The summed E-state index contributed by atoms with van der Waals surface area (Å²) in [6.45, 7) is 9.09. The van der Waals surface area contributed by atoms with E-state index in [1.165, 1.54) is 11.8 Å². The Morgan fingerprint density at radius 1 is 0.949 bits per heavy atom. The van der Waals surface area contributed by atoms with Crippen molar-refractivity contribution in [3.8, 4) is 0 Å². The van der Waals surface area contributed by atoms with Crippen LogP contribution in [0.15, 0.2) is 73.4 Å². The number of likely N-dealkylation sites (tertiary alicyclic amines) is 1. The first-order valence-corrected chi connectivity index (χ1v) is 13.4. The van der Waals surface area contributed by atoms with Gasteiger partial charge in [0, 0.05) is 56.3 Å².